The second-order valence-corrected chi connectivity index (χ2v) is 4.25. The zero-order chi connectivity index (χ0) is 14.9. The number of hydrazine groups is 1. The van der Waals surface area contributed by atoms with Crippen molar-refractivity contribution in [1.29, 1.82) is 0 Å². The van der Waals surface area contributed by atoms with Crippen LogP contribution in [0.3, 0.4) is 0 Å². The molecule has 0 saturated carbocycles. The van der Waals surface area contributed by atoms with Crippen LogP contribution in [0.15, 0.2) is 41.6 Å². The Bertz CT molecular complexity index is 543. The van der Waals surface area contributed by atoms with Crippen LogP contribution in [0.25, 0.3) is 0 Å². The van der Waals surface area contributed by atoms with Crippen molar-refractivity contribution < 1.29 is 23.2 Å². The number of carbonyl (C=O) groups excluding carboxylic acids is 1. The Labute approximate surface area is 112 Å². The third-order valence-corrected chi connectivity index (χ3v) is 2.77. The summed E-state index contributed by atoms with van der Waals surface area (Å²) in [6.45, 7) is -0.329. The number of hydrogen-bond donors (Lipinski definition) is 2. The lowest BCUT2D eigenvalue weighted by atomic mass is 10.2. The molecule has 1 heterocycles. The highest BCUT2D eigenvalue weighted by Crippen LogP contribution is 2.35. The minimum Gasteiger partial charge on any atom is -0.322 e. The molecule has 1 aromatic rings. The number of alkyl halides is 3. The summed E-state index contributed by atoms with van der Waals surface area (Å²) in [5.41, 5.74) is -1.52. The minimum atomic E-state index is -4.82. The highest BCUT2D eigenvalue weighted by Gasteiger charge is 2.47. The molecule has 0 aromatic heterocycles. The SMILES string of the molecule is CN1CC(C(=O)Nc2ccccc2)=C(C(F)(F)F)N1O. The van der Waals surface area contributed by atoms with Gasteiger partial charge in [-0.3, -0.25) is 10.0 Å². The van der Waals surface area contributed by atoms with Crippen LogP contribution in [0.5, 0.6) is 0 Å². The molecule has 0 saturated heterocycles. The smallest absolute Gasteiger partial charge is 0.322 e. The predicted molar refractivity (Wildman–Crippen MR) is 64.4 cm³/mol. The van der Waals surface area contributed by atoms with Crippen molar-refractivity contribution in [2.45, 2.75) is 6.18 Å². The Morgan fingerprint density at radius 3 is 2.45 bits per heavy atom. The van der Waals surface area contributed by atoms with Crippen LogP contribution in [0.2, 0.25) is 0 Å². The largest absolute Gasteiger partial charge is 0.435 e. The third kappa shape index (κ3) is 2.75. The van der Waals surface area contributed by atoms with Crippen LogP contribution >= 0.6 is 0 Å². The van der Waals surface area contributed by atoms with Gasteiger partial charge in [0.05, 0.1) is 12.1 Å². The summed E-state index contributed by atoms with van der Waals surface area (Å²) in [5.74, 6) is -0.896. The maximum atomic E-state index is 12.9. The number of rotatable bonds is 2. The zero-order valence-corrected chi connectivity index (χ0v) is 10.5. The summed E-state index contributed by atoms with van der Waals surface area (Å²) in [7, 11) is 1.24. The summed E-state index contributed by atoms with van der Waals surface area (Å²) in [6, 6.07) is 8.12. The first kappa shape index (κ1) is 14.4. The number of anilines is 1. The molecule has 0 spiro atoms. The minimum absolute atomic E-state index is 0.0556. The van der Waals surface area contributed by atoms with Gasteiger partial charge in [0.1, 0.15) is 0 Å². The van der Waals surface area contributed by atoms with E-state index in [0.717, 1.165) is 5.01 Å². The van der Waals surface area contributed by atoms with Crippen molar-refractivity contribution in [3.05, 3.63) is 41.6 Å². The second kappa shape index (κ2) is 5.14. The molecule has 0 fully saturated rings. The van der Waals surface area contributed by atoms with Gasteiger partial charge in [-0.1, -0.05) is 18.2 Å². The van der Waals surface area contributed by atoms with Gasteiger partial charge in [-0.2, -0.15) is 23.4 Å². The number of nitrogens with one attached hydrogen (secondary N) is 1. The van der Waals surface area contributed by atoms with Crippen LogP contribution in [0, 0.1) is 0 Å². The van der Waals surface area contributed by atoms with Gasteiger partial charge in [-0.25, -0.2) is 0 Å². The molecule has 108 valence electrons. The molecule has 2 N–H and O–H groups in total. The van der Waals surface area contributed by atoms with E-state index in [2.05, 4.69) is 5.32 Å². The van der Waals surface area contributed by atoms with Crippen molar-refractivity contribution in [2.75, 3.05) is 18.9 Å². The van der Waals surface area contributed by atoms with E-state index in [9.17, 15) is 23.2 Å². The fourth-order valence-electron chi connectivity index (χ4n) is 1.85. The van der Waals surface area contributed by atoms with E-state index in [1.165, 1.54) is 7.05 Å². The zero-order valence-electron chi connectivity index (χ0n) is 10.5. The molecule has 1 aromatic carbocycles. The second-order valence-electron chi connectivity index (χ2n) is 4.25. The van der Waals surface area contributed by atoms with E-state index in [1.54, 1.807) is 30.3 Å². The van der Waals surface area contributed by atoms with Gasteiger partial charge in [0.25, 0.3) is 5.91 Å². The van der Waals surface area contributed by atoms with Crippen LogP contribution in [0.4, 0.5) is 18.9 Å². The molecule has 2 rings (SSSR count). The topological polar surface area (TPSA) is 55.8 Å². The summed E-state index contributed by atoms with van der Waals surface area (Å²) in [4.78, 5) is 11.9. The molecule has 20 heavy (non-hydrogen) atoms. The fourth-order valence-corrected chi connectivity index (χ4v) is 1.85. The van der Waals surface area contributed by atoms with Gasteiger partial charge in [0, 0.05) is 12.7 Å². The monoisotopic (exact) mass is 287 g/mol. The molecule has 1 aliphatic heterocycles. The Morgan fingerprint density at radius 1 is 1.30 bits per heavy atom. The number of allylic oxidation sites excluding steroid dienone is 1. The molecular formula is C12H12F3N3O2. The van der Waals surface area contributed by atoms with Crippen molar-refractivity contribution in [1.82, 2.24) is 10.2 Å². The van der Waals surface area contributed by atoms with Crippen LogP contribution < -0.4 is 5.32 Å². The fraction of sp³-hybridized carbons (Fsp3) is 0.250. The standard InChI is InChI=1S/C12H12F3N3O2/c1-17-7-9(10(18(17)20)12(13,14)15)11(19)16-8-5-3-2-4-6-8/h2-6,20H,7H2,1H3,(H,16,19). The highest BCUT2D eigenvalue weighted by atomic mass is 19.4. The Balaban J connectivity index is 2.29. The van der Waals surface area contributed by atoms with Gasteiger partial charge in [0.15, 0.2) is 5.70 Å². The van der Waals surface area contributed by atoms with Crippen molar-refractivity contribution >= 4 is 11.6 Å². The quantitative estimate of drug-likeness (QED) is 0.873. The molecule has 8 heteroatoms. The number of benzene rings is 1. The summed E-state index contributed by atoms with van der Waals surface area (Å²) < 4.78 is 38.6. The Kier molecular flexibility index (Phi) is 3.69. The van der Waals surface area contributed by atoms with Crippen molar-refractivity contribution in [3.8, 4) is 0 Å². The first-order valence-electron chi connectivity index (χ1n) is 5.67. The Morgan fingerprint density at radius 2 is 1.90 bits per heavy atom. The average molecular weight is 287 g/mol. The number of nitrogens with zero attached hydrogens (tertiary/aromatic N) is 2. The van der Waals surface area contributed by atoms with E-state index in [-0.39, 0.29) is 11.7 Å². The third-order valence-electron chi connectivity index (χ3n) is 2.77. The molecule has 0 bridgehead atoms. The van der Waals surface area contributed by atoms with Crippen LogP contribution in [0.1, 0.15) is 0 Å². The summed E-state index contributed by atoms with van der Waals surface area (Å²) >= 11 is 0. The molecule has 5 nitrogen and oxygen atoms in total. The van der Waals surface area contributed by atoms with E-state index in [0.29, 0.717) is 5.69 Å². The van der Waals surface area contributed by atoms with Gasteiger partial charge in [0.2, 0.25) is 0 Å². The lowest BCUT2D eigenvalue weighted by molar-refractivity contribution is -0.235. The molecule has 0 atom stereocenters. The number of halogens is 3. The van der Waals surface area contributed by atoms with Gasteiger partial charge in [-0.15, -0.1) is 0 Å². The first-order valence-corrected chi connectivity index (χ1v) is 5.67. The number of carbonyl (C=O) groups is 1. The Hall–Kier alpha value is -2.06. The number of hydrogen-bond acceptors (Lipinski definition) is 4. The predicted octanol–water partition coefficient (Wildman–Crippen LogP) is 1.99. The lowest BCUT2D eigenvalue weighted by Crippen LogP contribution is -2.35. The molecule has 0 aliphatic carbocycles. The van der Waals surface area contributed by atoms with Crippen LogP contribution in [-0.2, 0) is 4.79 Å². The first-order chi connectivity index (χ1) is 9.30. The van der Waals surface area contributed by atoms with Crippen molar-refractivity contribution in [3.63, 3.8) is 0 Å². The van der Waals surface area contributed by atoms with Crippen LogP contribution in [-0.4, -0.2) is 41.1 Å². The van der Waals surface area contributed by atoms with Gasteiger partial charge >= 0.3 is 6.18 Å². The van der Waals surface area contributed by atoms with E-state index >= 15 is 0 Å². The molecule has 0 unspecified atom stereocenters. The van der Waals surface area contributed by atoms with Crippen molar-refractivity contribution in [2.24, 2.45) is 0 Å². The average Bonchev–Trinajstić information content (AvgIpc) is 2.67. The number of amides is 1. The van der Waals surface area contributed by atoms with E-state index in [4.69, 9.17) is 0 Å². The molecule has 1 aliphatic rings. The highest BCUT2D eigenvalue weighted by molar-refractivity contribution is 6.04. The molecule has 1 amide bonds. The number of hydroxylamine groups is 1. The normalized spacial score (nSPS) is 16.8. The molecule has 0 radical (unpaired) electrons. The maximum Gasteiger partial charge on any atom is 0.435 e. The summed E-state index contributed by atoms with van der Waals surface area (Å²) in [6.07, 6.45) is -4.82. The molecular weight excluding hydrogens is 275 g/mol. The lowest BCUT2D eigenvalue weighted by Gasteiger charge is -2.22. The maximum absolute atomic E-state index is 12.9. The summed E-state index contributed by atoms with van der Waals surface area (Å²) in [5, 5.41) is 12.6. The number of likely N-dealkylation sites (N-methyl/N-ethyl adjacent to an activating group) is 1. The van der Waals surface area contributed by atoms with E-state index in [1.807, 2.05) is 0 Å². The van der Waals surface area contributed by atoms with E-state index < -0.39 is 23.4 Å². The van der Waals surface area contributed by atoms with Gasteiger partial charge < -0.3 is 5.32 Å². The number of para-hydroxylation sites is 1. The van der Waals surface area contributed by atoms with Gasteiger partial charge in [-0.05, 0) is 12.1 Å².